The molecule has 0 aromatic heterocycles. The fourth-order valence-corrected chi connectivity index (χ4v) is 3.69. The molecular formula is C23H17BrCl2F3N3O2. The Labute approximate surface area is 212 Å². The van der Waals surface area contributed by atoms with E-state index in [0.717, 1.165) is 17.7 Å². The summed E-state index contributed by atoms with van der Waals surface area (Å²) in [7, 11) is 0. The lowest BCUT2D eigenvalue weighted by Crippen LogP contribution is -2.26. The van der Waals surface area contributed by atoms with Crippen molar-refractivity contribution in [2.24, 2.45) is 5.10 Å². The molecule has 0 aliphatic rings. The lowest BCUT2D eigenvalue weighted by atomic mass is 10.2. The molecule has 0 saturated carbocycles. The third kappa shape index (κ3) is 7.65. The van der Waals surface area contributed by atoms with E-state index in [0.29, 0.717) is 25.8 Å². The van der Waals surface area contributed by atoms with Crippen molar-refractivity contribution >= 4 is 56.9 Å². The minimum Gasteiger partial charge on any atom is -0.488 e. The lowest BCUT2D eigenvalue weighted by Gasteiger charge is -2.10. The number of ether oxygens (including phenoxy) is 1. The third-order valence-electron chi connectivity index (χ3n) is 4.40. The number of amides is 1. The molecule has 3 aromatic carbocycles. The maximum Gasteiger partial charge on any atom is 0.416 e. The summed E-state index contributed by atoms with van der Waals surface area (Å²) >= 11 is 15.5. The van der Waals surface area contributed by atoms with Gasteiger partial charge in [0, 0.05) is 21.3 Å². The van der Waals surface area contributed by atoms with Crippen LogP contribution in [0, 0.1) is 0 Å². The van der Waals surface area contributed by atoms with Gasteiger partial charge in [-0.2, -0.15) is 18.3 Å². The van der Waals surface area contributed by atoms with Gasteiger partial charge in [0.15, 0.2) is 0 Å². The van der Waals surface area contributed by atoms with Gasteiger partial charge in [0.2, 0.25) is 0 Å². The number of hydrogen-bond acceptors (Lipinski definition) is 4. The number of carbonyl (C=O) groups is 1. The summed E-state index contributed by atoms with van der Waals surface area (Å²) < 4.78 is 44.7. The van der Waals surface area contributed by atoms with Crippen LogP contribution in [0.4, 0.5) is 18.9 Å². The van der Waals surface area contributed by atoms with Crippen LogP contribution in [0.1, 0.15) is 16.7 Å². The first kappa shape index (κ1) is 25.9. The number of benzene rings is 3. The first-order chi connectivity index (χ1) is 16.1. The topological polar surface area (TPSA) is 62.7 Å². The number of halogens is 6. The molecule has 0 radical (unpaired) electrons. The second-order valence-corrected chi connectivity index (χ2v) is 8.64. The van der Waals surface area contributed by atoms with Gasteiger partial charge in [-0.15, -0.1) is 0 Å². The lowest BCUT2D eigenvalue weighted by molar-refractivity contribution is -0.137. The first-order valence-corrected chi connectivity index (χ1v) is 11.3. The Morgan fingerprint density at radius 3 is 2.59 bits per heavy atom. The van der Waals surface area contributed by atoms with Gasteiger partial charge >= 0.3 is 6.18 Å². The van der Waals surface area contributed by atoms with Crippen LogP contribution < -0.4 is 15.5 Å². The number of alkyl halides is 3. The molecule has 0 saturated heterocycles. The quantitative estimate of drug-likeness (QED) is 0.227. The number of hydrogen-bond donors (Lipinski definition) is 2. The van der Waals surface area contributed by atoms with Crippen LogP contribution in [0.3, 0.4) is 0 Å². The highest BCUT2D eigenvalue weighted by Crippen LogP contribution is 2.31. The summed E-state index contributed by atoms with van der Waals surface area (Å²) in [5, 5.41) is 7.53. The van der Waals surface area contributed by atoms with E-state index in [1.807, 2.05) is 0 Å². The van der Waals surface area contributed by atoms with Crippen LogP contribution in [-0.4, -0.2) is 18.7 Å². The van der Waals surface area contributed by atoms with Crippen molar-refractivity contribution in [3.05, 3.63) is 91.9 Å². The van der Waals surface area contributed by atoms with Crippen LogP contribution >= 0.6 is 39.1 Å². The summed E-state index contributed by atoms with van der Waals surface area (Å²) in [6.45, 7) is -0.000641. The Morgan fingerprint density at radius 2 is 1.88 bits per heavy atom. The predicted molar refractivity (Wildman–Crippen MR) is 131 cm³/mol. The zero-order valence-electron chi connectivity index (χ0n) is 17.3. The van der Waals surface area contributed by atoms with E-state index in [2.05, 4.69) is 31.8 Å². The first-order valence-electron chi connectivity index (χ1n) is 9.71. The predicted octanol–water partition coefficient (Wildman–Crippen LogP) is 6.92. The molecule has 3 rings (SSSR count). The molecule has 2 N–H and O–H groups in total. The molecule has 0 bridgehead atoms. The SMILES string of the molecule is O=C(CNc1cccc(C(F)(F)F)c1)N/N=C\c1ccc(OCc2ccc(Cl)cc2Cl)c(Br)c1. The Morgan fingerprint density at radius 1 is 1.09 bits per heavy atom. The fraction of sp³-hybridized carbons (Fsp3) is 0.130. The molecular weight excluding hydrogens is 558 g/mol. The summed E-state index contributed by atoms with van der Waals surface area (Å²) in [5.41, 5.74) is 3.14. The van der Waals surface area contributed by atoms with Crippen molar-refractivity contribution in [1.82, 2.24) is 5.43 Å². The average Bonchev–Trinajstić information content (AvgIpc) is 2.78. The van der Waals surface area contributed by atoms with Gasteiger partial charge in [-0.25, -0.2) is 5.43 Å². The Bertz CT molecular complexity index is 1210. The minimum absolute atomic E-state index is 0.174. The van der Waals surface area contributed by atoms with Crippen LogP contribution in [0.2, 0.25) is 10.0 Å². The van der Waals surface area contributed by atoms with Crippen molar-refractivity contribution in [3.63, 3.8) is 0 Å². The van der Waals surface area contributed by atoms with Crippen LogP contribution in [-0.2, 0) is 17.6 Å². The second kappa shape index (κ2) is 11.6. The van der Waals surface area contributed by atoms with E-state index in [-0.39, 0.29) is 18.8 Å². The van der Waals surface area contributed by atoms with Gasteiger partial charge in [0.1, 0.15) is 12.4 Å². The molecule has 0 fully saturated rings. The minimum atomic E-state index is -4.46. The summed E-state index contributed by atoms with van der Waals surface area (Å²) in [6.07, 6.45) is -3.03. The van der Waals surface area contributed by atoms with Crippen molar-refractivity contribution in [1.29, 1.82) is 0 Å². The summed E-state index contributed by atoms with van der Waals surface area (Å²) in [5.74, 6) is 0.0602. The maximum absolute atomic E-state index is 12.8. The molecule has 0 aliphatic carbocycles. The van der Waals surface area contributed by atoms with Crippen LogP contribution in [0.15, 0.2) is 70.2 Å². The van der Waals surface area contributed by atoms with E-state index in [1.54, 1.807) is 36.4 Å². The van der Waals surface area contributed by atoms with Gasteiger partial charge in [-0.3, -0.25) is 4.79 Å². The molecule has 178 valence electrons. The van der Waals surface area contributed by atoms with E-state index in [4.69, 9.17) is 27.9 Å². The van der Waals surface area contributed by atoms with Crippen molar-refractivity contribution in [2.45, 2.75) is 12.8 Å². The Hall–Kier alpha value is -2.75. The number of anilines is 1. The summed E-state index contributed by atoms with van der Waals surface area (Å²) in [4.78, 5) is 11.9. The van der Waals surface area contributed by atoms with Crippen molar-refractivity contribution in [2.75, 3.05) is 11.9 Å². The molecule has 34 heavy (non-hydrogen) atoms. The molecule has 11 heteroatoms. The second-order valence-electron chi connectivity index (χ2n) is 6.94. The number of rotatable bonds is 8. The largest absolute Gasteiger partial charge is 0.488 e. The molecule has 0 heterocycles. The smallest absolute Gasteiger partial charge is 0.416 e. The average molecular weight is 575 g/mol. The van der Waals surface area contributed by atoms with Gasteiger partial charge in [0.05, 0.1) is 22.8 Å². The van der Waals surface area contributed by atoms with Gasteiger partial charge in [0.25, 0.3) is 5.91 Å². The number of nitrogens with zero attached hydrogens (tertiary/aromatic N) is 1. The molecule has 0 aliphatic heterocycles. The summed E-state index contributed by atoms with van der Waals surface area (Å²) in [6, 6.07) is 14.9. The van der Waals surface area contributed by atoms with Gasteiger partial charge in [-0.05, 0) is 70.0 Å². The standard InChI is InChI=1S/C23H17BrCl2F3N3O2/c24-19-8-14(4-7-21(19)34-13-15-5-6-17(25)10-20(15)26)11-31-32-22(33)12-30-18-3-1-2-16(9-18)23(27,28)29/h1-11,30H,12-13H2,(H,32,33)/b31-11-. The highest BCUT2D eigenvalue weighted by atomic mass is 79.9. The number of hydrazone groups is 1. The monoisotopic (exact) mass is 573 g/mol. The number of nitrogens with one attached hydrogen (secondary N) is 2. The van der Waals surface area contributed by atoms with Gasteiger partial charge < -0.3 is 10.1 Å². The normalized spacial score (nSPS) is 11.5. The van der Waals surface area contributed by atoms with Crippen molar-refractivity contribution < 1.29 is 22.7 Å². The van der Waals surface area contributed by atoms with E-state index >= 15 is 0 Å². The van der Waals surface area contributed by atoms with Crippen LogP contribution in [0.5, 0.6) is 5.75 Å². The van der Waals surface area contributed by atoms with Crippen LogP contribution in [0.25, 0.3) is 0 Å². The molecule has 5 nitrogen and oxygen atoms in total. The maximum atomic E-state index is 12.8. The van der Waals surface area contributed by atoms with E-state index in [1.165, 1.54) is 18.3 Å². The van der Waals surface area contributed by atoms with Crippen molar-refractivity contribution in [3.8, 4) is 5.75 Å². The zero-order valence-corrected chi connectivity index (χ0v) is 20.4. The molecule has 0 unspecified atom stereocenters. The Kier molecular flexibility index (Phi) is 8.82. The van der Waals surface area contributed by atoms with E-state index in [9.17, 15) is 18.0 Å². The Balaban J connectivity index is 1.50. The van der Waals surface area contributed by atoms with E-state index < -0.39 is 17.6 Å². The van der Waals surface area contributed by atoms with Gasteiger partial charge in [-0.1, -0.05) is 35.3 Å². The molecule has 0 atom stereocenters. The molecule has 3 aromatic rings. The highest BCUT2D eigenvalue weighted by molar-refractivity contribution is 9.10. The molecule has 0 spiro atoms. The fourth-order valence-electron chi connectivity index (χ4n) is 2.71. The third-order valence-corrected chi connectivity index (χ3v) is 5.61. The highest BCUT2D eigenvalue weighted by Gasteiger charge is 2.30. The number of carbonyl (C=O) groups excluding carboxylic acids is 1. The zero-order chi connectivity index (χ0) is 24.7. The molecule has 1 amide bonds.